The Bertz CT molecular complexity index is 780. The van der Waals surface area contributed by atoms with E-state index in [9.17, 15) is 18.4 Å². The highest BCUT2D eigenvalue weighted by Crippen LogP contribution is 2.26. The lowest BCUT2D eigenvalue weighted by atomic mass is 10.2. The maximum absolute atomic E-state index is 13.5. The maximum Gasteiger partial charge on any atom is 0.313 e. The van der Waals surface area contributed by atoms with Gasteiger partial charge in [-0.05, 0) is 30.7 Å². The first-order valence-electron chi connectivity index (χ1n) is 8.17. The van der Waals surface area contributed by atoms with E-state index in [0.29, 0.717) is 24.2 Å². The van der Waals surface area contributed by atoms with Crippen molar-refractivity contribution in [2.24, 2.45) is 0 Å². The quantitative estimate of drug-likeness (QED) is 0.576. The van der Waals surface area contributed by atoms with E-state index in [1.807, 2.05) is 6.92 Å². The molecule has 0 aliphatic carbocycles. The van der Waals surface area contributed by atoms with Gasteiger partial charge in [-0.15, -0.1) is 0 Å². The van der Waals surface area contributed by atoms with E-state index < -0.39 is 23.5 Å². The molecule has 26 heavy (non-hydrogen) atoms. The second-order valence-corrected chi connectivity index (χ2v) is 5.40. The SMILES string of the molecule is CCCOc1ccccc1OC(=O)CCNC(=O)c1ccc(F)cc1F. The Morgan fingerprint density at radius 1 is 1.08 bits per heavy atom. The minimum Gasteiger partial charge on any atom is -0.490 e. The molecule has 0 radical (unpaired) electrons. The van der Waals surface area contributed by atoms with E-state index in [2.05, 4.69) is 5.32 Å². The number of amides is 1. The third kappa shape index (κ3) is 5.54. The summed E-state index contributed by atoms with van der Waals surface area (Å²) < 4.78 is 37.1. The lowest BCUT2D eigenvalue weighted by Gasteiger charge is -2.11. The molecule has 7 heteroatoms. The molecule has 2 rings (SSSR count). The number of para-hydroxylation sites is 2. The average molecular weight is 363 g/mol. The molecule has 2 aromatic rings. The fourth-order valence-electron chi connectivity index (χ4n) is 2.09. The van der Waals surface area contributed by atoms with E-state index in [4.69, 9.17) is 9.47 Å². The summed E-state index contributed by atoms with van der Waals surface area (Å²) in [6, 6.07) is 9.42. The summed E-state index contributed by atoms with van der Waals surface area (Å²) in [6.45, 7) is 2.40. The molecule has 0 spiro atoms. The van der Waals surface area contributed by atoms with Gasteiger partial charge in [0.1, 0.15) is 11.6 Å². The smallest absolute Gasteiger partial charge is 0.313 e. The van der Waals surface area contributed by atoms with Gasteiger partial charge < -0.3 is 14.8 Å². The number of benzene rings is 2. The number of hydrogen-bond acceptors (Lipinski definition) is 4. The molecule has 0 saturated carbocycles. The Hall–Kier alpha value is -2.96. The van der Waals surface area contributed by atoms with Crippen molar-refractivity contribution in [2.75, 3.05) is 13.2 Å². The number of ether oxygens (including phenoxy) is 2. The van der Waals surface area contributed by atoms with Crippen molar-refractivity contribution in [1.82, 2.24) is 5.32 Å². The van der Waals surface area contributed by atoms with E-state index in [1.165, 1.54) is 0 Å². The van der Waals surface area contributed by atoms with Crippen LogP contribution in [-0.4, -0.2) is 25.0 Å². The number of hydrogen-bond donors (Lipinski definition) is 1. The van der Waals surface area contributed by atoms with E-state index >= 15 is 0 Å². The molecule has 0 aliphatic heterocycles. The number of carbonyl (C=O) groups excluding carboxylic acids is 2. The van der Waals surface area contributed by atoms with Crippen molar-refractivity contribution in [3.05, 3.63) is 59.7 Å². The van der Waals surface area contributed by atoms with Gasteiger partial charge >= 0.3 is 5.97 Å². The second kappa shape index (κ2) is 9.50. The van der Waals surface area contributed by atoms with Gasteiger partial charge in [-0.3, -0.25) is 9.59 Å². The first-order chi connectivity index (χ1) is 12.5. The fraction of sp³-hybridized carbons (Fsp3) is 0.263. The van der Waals surface area contributed by atoms with Crippen LogP contribution in [0.3, 0.4) is 0 Å². The molecule has 0 aromatic heterocycles. The standard InChI is InChI=1S/C19H19F2NO4/c1-2-11-25-16-5-3-4-6-17(16)26-18(23)9-10-22-19(24)14-8-7-13(20)12-15(14)21/h3-8,12H,2,9-11H2,1H3,(H,22,24). The predicted octanol–water partition coefficient (Wildman–Crippen LogP) is 3.48. The maximum atomic E-state index is 13.5. The zero-order valence-electron chi connectivity index (χ0n) is 14.3. The average Bonchev–Trinajstić information content (AvgIpc) is 2.60. The molecule has 138 valence electrons. The van der Waals surface area contributed by atoms with E-state index in [1.54, 1.807) is 24.3 Å². The van der Waals surface area contributed by atoms with Crippen LogP contribution in [-0.2, 0) is 4.79 Å². The highest BCUT2D eigenvalue weighted by molar-refractivity contribution is 5.94. The number of nitrogens with one attached hydrogen (secondary N) is 1. The first kappa shape index (κ1) is 19.4. The van der Waals surface area contributed by atoms with Gasteiger partial charge in [-0.25, -0.2) is 8.78 Å². The molecule has 0 saturated heterocycles. The topological polar surface area (TPSA) is 64.6 Å². The summed E-state index contributed by atoms with van der Waals surface area (Å²) in [5, 5.41) is 2.39. The van der Waals surface area contributed by atoms with Gasteiger partial charge in [0.2, 0.25) is 0 Å². The normalized spacial score (nSPS) is 10.3. The summed E-state index contributed by atoms with van der Waals surface area (Å²) in [4.78, 5) is 23.8. The van der Waals surface area contributed by atoms with Gasteiger partial charge in [0.05, 0.1) is 18.6 Å². The van der Waals surface area contributed by atoms with E-state index in [0.717, 1.165) is 18.6 Å². The number of rotatable bonds is 8. The van der Waals surface area contributed by atoms with Gasteiger partial charge in [-0.1, -0.05) is 19.1 Å². The van der Waals surface area contributed by atoms with Crippen molar-refractivity contribution < 1.29 is 27.8 Å². The molecule has 0 aliphatic rings. The minimum absolute atomic E-state index is 0.0491. The van der Waals surface area contributed by atoms with Crippen molar-refractivity contribution in [3.63, 3.8) is 0 Å². The van der Waals surface area contributed by atoms with Crippen LogP contribution in [0.4, 0.5) is 8.78 Å². The van der Waals surface area contributed by atoms with E-state index in [-0.39, 0.29) is 18.5 Å². The summed E-state index contributed by atoms with van der Waals surface area (Å²) in [5.41, 5.74) is -0.293. The Labute approximate surface area is 149 Å². The lowest BCUT2D eigenvalue weighted by molar-refractivity contribution is -0.134. The van der Waals surface area contributed by atoms with Crippen LogP contribution in [0.1, 0.15) is 30.1 Å². The molecule has 2 aromatic carbocycles. The van der Waals surface area contributed by atoms with Gasteiger partial charge in [-0.2, -0.15) is 0 Å². The predicted molar refractivity (Wildman–Crippen MR) is 91.2 cm³/mol. The van der Waals surface area contributed by atoms with Crippen molar-refractivity contribution in [2.45, 2.75) is 19.8 Å². The summed E-state index contributed by atoms with van der Waals surface area (Å²) in [6.07, 6.45) is 0.699. The van der Waals surface area contributed by atoms with Crippen LogP contribution in [0.5, 0.6) is 11.5 Å². The Morgan fingerprint density at radius 3 is 2.50 bits per heavy atom. The minimum atomic E-state index is -0.966. The number of halogens is 2. The Balaban J connectivity index is 1.85. The third-order valence-electron chi connectivity index (χ3n) is 3.33. The zero-order chi connectivity index (χ0) is 18.9. The highest BCUT2D eigenvalue weighted by Gasteiger charge is 2.14. The monoisotopic (exact) mass is 363 g/mol. The largest absolute Gasteiger partial charge is 0.490 e. The van der Waals surface area contributed by atoms with Crippen molar-refractivity contribution in [1.29, 1.82) is 0 Å². The Morgan fingerprint density at radius 2 is 1.81 bits per heavy atom. The molecule has 1 N–H and O–H groups in total. The van der Waals surface area contributed by atoms with Crippen LogP contribution >= 0.6 is 0 Å². The summed E-state index contributed by atoms with van der Waals surface area (Å²) >= 11 is 0. The molecule has 0 heterocycles. The molecular formula is C19H19F2NO4. The fourth-order valence-corrected chi connectivity index (χ4v) is 2.09. The molecule has 0 atom stereocenters. The van der Waals surface area contributed by atoms with Gasteiger partial charge in [0, 0.05) is 12.6 Å². The van der Waals surface area contributed by atoms with Crippen LogP contribution in [0.2, 0.25) is 0 Å². The van der Waals surface area contributed by atoms with Crippen molar-refractivity contribution >= 4 is 11.9 Å². The van der Waals surface area contributed by atoms with Gasteiger partial charge in [0.25, 0.3) is 5.91 Å². The second-order valence-electron chi connectivity index (χ2n) is 5.40. The third-order valence-corrected chi connectivity index (χ3v) is 3.33. The lowest BCUT2D eigenvalue weighted by Crippen LogP contribution is -2.28. The van der Waals surface area contributed by atoms with Crippen LogP contribution < -0.4 is 14.8 Å². The summed E-state index contributed by atoms with van der Waals surface area (Å²) in [7, 11) is 0. The van der Waals surface area contributed by atoms with Crippen molar-refractivity contribution in [3.8, 4) is 11.5 Å². The van der Waals surface area contributed by atoms with Gasteiger partial charge in [0.15, 0.2) is 11.5 Å². The highest BCUT2D eigenvalue weighted by atomic mass is 19.1. The number of esters is 1. The first-order valence-corrected chi connectivity index (χ1v) is 8.17. The Kier molecular flexibility index (Phi) is 7.08. The van der Waals surface area contributed by atoms with Crippen LogP contribution in [0.25, 0.3) is 0 Å². The molecular weight excluding hydrogens is 344 g/mol. The summed E-state index contributed by atoms with van der Waals surface area (Å²) in [5.74, 6) is -2.29. The molecule has 0 unspecified atom stereocenters. The molecule has 5 nitrogen and oxygen atoms in total. The number of carbonyl (C=O) groups is 2. The molecule has 0 fully saturated rings. The van der Waals surface area contributed by atoms with Crippen LogP contribution in [0.15, 0.2) is 42.5 Å². The zero-order valence-corrected chi connectivity index (χ0v) is 14.3. The van der Waals surface area contributed by atoms with Crippen LogP contribution in [0, 0.1) is 11.6 Å². The molecule has 1 amide bonds. The molecule has 0 bridgehead atoms.